The molecule has 0 aliphatic heterocycles. The van der Waals surface area contributed by atoms with Crippen LogP contribution in [0.4, 0.5) is 11.4 Å². The molecule has 0 aliphatic rings. The van der Waals surface area contributed by atoms with E-state index in [0.717, 1.165) is 22.6 Å². The number of para-hydroxylation sites is 2. The summed E-state index contributed by atoms with van der Waals surface area (Å²) in [6.45, 7) is 6.25. The van der Waals surface area contributed by atoms with E-state index in [-0.39, 0.29) is 0 Å². The lowest BCUT2D eigenvalue weighted by molar-refractivity contribution is 1.18. The number of aryl methyl sites for hydroxylation is 1. The average Bonchev–Trinajstić information content (AvgIpc) is 3.42. The SMILES string of the molecule is C=Cc1c(Nc2ccccc2)ccc2cc3c(cc12)c1ccccc1n3-c1ccc(-c2ccccc2)cc1.Cc1ccccc1. The molecule has 0 radical (unpaired) electrons. The highest BCUT2D eigenvalue weighted by Crippen LogP contribution is 2.38. The predicted octanol–water partition coefficient (Wildman–Crippen LogP) is 12.0. The fraction of sp³-hybridized carbons (Fsp3) is 0.0233. The topological polar surface area (TPSA) is 17.0 Å². The summed E-state index contributed by atoms with van der Waals surface area (Å²) in [5, 5.41) is 8.44. The van der Waals surface area contributed by atoms with Crippen LogP contribution in [0.2, 0.25) is 0 Å². The molecule has 216 valence electrons. The van der Waals surface area contributed by atoms with Gasteiger partial charge in [0.2, 0.25) is 0 Å². The van der Waals surface area contributed by atoms with Gasteiger partial charge in [-0.1, -0.05) is 133 Å². The van der Waals surface area contributed by atoms with Crippen molar-refractivity contribution in [3.63, 3.8) is 0 Å². The first-order valence-electron chi connectivity index (χ1n) is 15.3. The van der Waals surface area contributed by atoms with Crippen molar-refractivity contribution in [3.8, 4) is 16.8 Å². The molecule has 0 saturated carbocycles. The summed E-state index contributed by atoms with van der Waals surface area (Å²) >= 11 is 0. The van der Waals surface area contributed by atoms with Crippen molar-refractivity contribution >= 4 is 50.0 Å². The molecule has 1 N–H and O–H groups in total. The van der Waals surface area contributed by atoms with E-state index in [9.17, 15) is 0 Å². The van der Waals surface area contributed by atoms with Gasteiger partial charge < -0.3 is 9.88 Å². The molecule has 1 heterocycles. The van der Waals surface area contributed by atoms with E-state index >= 15 is 0 Å². The summed E-state index contributed by atoms with van der Waals surface area (Å²) in [5.74, 6) is 0. The first kappa shape index (κ1) is 27.9. The van der Waals surface area contributed by atoms with Crippen molar-refractivity contribution in [2.45, 2.75) is 6.92 Å². The van der Waals surface area contributed by atoms with Crippen molar-refractivity contribution in [1.82, 2.24) is 4.57 Å². The Morgan fingerprint density at radius 2 is 1.16 bits per heavy atom. The largest absolute Gasteiger partial charge is 0.355 e. The molecule has 0 bridgehead atoms. The lowest BCUT2D eigenvalue weighted by Gasteiger charge is -2.14. The van der Waals surface area contributed by atoms with E-state index < -0.39 is 0 Å². The normalized spacial score (nSPS) is 10.9. The Bertz CT molecular complexity index is 2230. The number of anilines is 2. The number of nitrogens with zero attached hydrogens (tertiary/aromatic N) is 1. The molecule has 2 heteroatoms. The molecular weight excluding hydrogens is 544 g/mol. The van der Waals surface area contributed by atoms with Crippen LogP contribution in [0.3, 0.4) is 0 Å². The quantitative estimate of drug-likeness (QED) is 0.215. The van der Waals surface area contributed by atoms with Crippen LogP contribution in [0.1, 0.15) is 11.1 Å². The van der Waals surface area contributed by atoms with E-state index in [0.29, 0.717) is 0 Å². The molecule has 0 unspecified atom stereocenters. The summed E-state index contributed by atoms with van der Waals surface area (Å²) in [4.78, 5) is 0. The van der Waals surface area contributed by atoms with Crippen LogP contribution in [-0.2, 0) is 0 Å². The Morgan fingerprint density at radius 1 is 0.533 bits per heavy atom. The second kappa shape index (κ2) is 12.4. The van der Waals surface area contributed by atoms with E-state index in [4.69, 9.17) is 0 Å². The first-order valence-corrected chi connectivity index (χ1v) is 15.3. The smallest absolute Gasteiger partial charge is 0.0547 e. The fourth-order valence-electron chi connectivity index (χ4n) is 6.06. The van der Waals surface area contributed by atoms with Crippen LogP contribution in [0.15, 0.2) is 170 Å². The van der Waals surface area contributed by atoms with Crippen molar-refractivity contribution in [2.75, 3.05) is 5.32 Å². The lowest BCUT2D eigenvalue weighted by Crippen LogP contribution is -1.95. The van der Waals surface area contributed by atoms with Gasteiger partial charge in [-0.05, 0) is 77.4 Å². The minimum atomic E-state index is 1.05. The average molecular weight is 579 g/mol. The summed E-state index contributed by atoms with van der Waals surface area (Å²) in [7, 11) is 0. The highest BCUT2D eigenvalue weighted by molar-refractivity contribution is 6.15. The fourth-order valence-corrected chi connectivity index (χ4v) is 6.06. The van der Waals surface area contributed by atoms with Crippen LogP contribution >= 0.6 is 0 Å². The van der Waals surface area contributed by atoms with Gasteiger partial charge in [0, 0.05) is 33.4 Å². The maximum Gasteiger partial charge on any atom is 0.0547 e. The molecule has 2 nitrogen and oxygen atoms in total. The maximum absolute atomic E-state index is 4.17. The zero-order valence-corrected chi connectivity index (χ0v) is 25.3. The minimum absolute atomic E-state index is 1.05. The Kier molecular flexibility index (Phi) is 7.70. The first-order chi connectivity index (χ1) is 22.2. The minimum Gasteiger partial charge on any atom is -0.355 e. The van der Waals surface area contributed by atoms with Crippen LogP contribution in [0, 0.1) is 6.92 Å². The Balaban J connectivity index is 0.000000412. The van der Waals surface area contributed by atoms with Gasteiger partial charge in [-0.15, -0.1) is 0 Å². The molecule has 8 rings (SSSR count). The molecule has 0 fully saturated rings. The highest BCUT2D eigenvalue weighted by Gasteiger charge is 2.15. The molecule has 0 saturated heterocycles. The number of rotatable bonds is 5. The van der Waals surface area contributed by atoms with Gasteiger partial charge in [0.15, 0.2) is 0 Å². The third-order valence-corrected chi connectivity index (χ3v) is 8.28. The molecule has 1 aromatic heterocycles. The van der Waals surface area contributed by atoms with E-state index in [2.05, 4.69) is 151 Å². The summed E-state index contributed by atoms with van der Waals surface area (Å²) in [6.07, 6.45) is 1.96. The van der Waals surface area contributed by atoms with Crippen molar-refractivity contribution in [3.05, 3.63) is 181 Å². The van der Waals surface area contributed by atoms with Crippen LogP contribution in [0.5, 0.6) is 0 Å². The number of benzene rings is 7. The molecule has 0 aliphatic carbocycles. The van der Waals surface area contributed by atoms with Crippen LogP contribution in [-0.4, -0.2) is 4.57 Å². The molecule has 45 heavy (non-hydrogen) atoms. The third kappa shape index (κ3) is 5.62. The van der Waals surface area contributed by atoms with Gasteiger partial charge in [-0.2, -0.15) is 0 Å². The lowest BCUT2D eigenvalue weighted by atomic mass is 9.99. The Labute approximate surface area is 264 Å². The van der Waals surface area contributed by atoms with Gasteiger partial charge >= 0.3 is 0 Å². The maximum atomic E-state index is 4.17. The molecule has 8 aromatic rings. The molecule has 7 aromatic carbocycles. The van der Waals surface area contributed by atoms with Gasteiger partial charge in [0.1, 0.15) is 0 Å². The molecule has 0 spiro atoms. The van der Waals surface area contributed by atoms with E-state index in [1.54, 1.807) is 0 Å². The predicted molar refractivity (Wildman–Crippen MR) is 195 cm³/mol. The van der Waals surface area contributed by atoms with Gasteiger partial charge in [0.25, 0.3) is 0 Å². The van der Waals surface area contributed by atoms with Crippen LogP contribution < -0.4 is 5.32 Å². The van der Waals surface area contributed by atoms with Crippen molar-refractivity contribution in [1.29, 1.82) is 0 Å². The summed E-state index contributed by atoms with van der Waals surface area (Å²) < 4.78 is 2.38. The van der Waals surface area contributed by atoms with Crippen LogP contribution in [0.25, 0.3) is 55.5 Å². The monoisotopic (exact) mass is 578 g/mol. The second-order valence-electron chi connectivity index (χ2n) is 11.2. The van der Waals surface area contributed by atoms with E-state index in [1.807, 2.05) is 42.5 Å². The number of hydrogen-bond acceptors (Lipinski definition) is 1. The number of fused-ring (bicyclic) bond motifs is 4. The Hall–Kier alpha value is -5.86. The number of hydrogen-bond donors (Lipinski definition) is 1. The zero-order valence-electron chi connectivity index (χ0n) is 25.3. The third-order valence-electron chi connectivity index (χ3n) is 8.28. The number of nitrogens with one attached hydrogen (secondary N) is 1. The van der Waals surface area contributed by atoms with E-state index in [1.165, 1.54) is 49.3 Å². The summed E-state index contributed by atoms with van der Waals surface area (Å²) in [5.41, 5.74) is 10.5. The number of aromatic nitrogens is 1. The second-order valence-corrected chi connectivity index (χ2v) is 11.2. The van der Waals surface area contributed by atoms with Gasteiger partial charge in [0.05, 0.1) is 11.0 Å². The van der Waals surface area contributed by atoms with Crippen molar-refractivity contribution in [2.24, 2.45) is 0 Å². The molecule has 0 atom stereocenters. The van der Waals surface area contributed by atoms with Gasteiger partial charge in [-0.25, -0.2) is 0 Å². The van der Waals surface area contributed by atoms with Crippen molar-refractivity contribution < 1.29 is 0 Å². The summed E-state index contributed by atoms with van der Waals surface area (Å²) in [6, 6.07) is 57.6. The highest BCUT2D eigenvalue weighted by atomic mass is 15.0. The van der Waals surface area contributed by atoms with Gasteiger partial charge in [-0.3, -0.25) is 0 Å². The standard InChI is InChI=1S/C36H26N2.C7H8/c1-2-30-32-24-33-31-15-9-10-16-35(31)38(29-20-17-26(18-21-29)25-11-5-3-6-12-25)36(33)23-27(32)19-22-34(30)37-28-13-7-4-8-14-28;1-7-5-3-2-4-6-7/h2-24,37H,1H2;2-6H,1H3. The molecular formula is C43H34N2. The molecule has 0 amide bonds. The zero-order chi connectivity index (χ0) is 30.6. The Morgan fingerprint density at radius 3 is 1.82 bits per heavy atom.